The normalized spacial score (nSPS) is 10.8. The van der Waals surface area contributed by atoms with E-state index in [0.717, 1.165) is 73.9 Å². The maximum Gasteiger partial charge on any atom is 0.409 e. The Labute approximate surface area is 181 Å². The molecule has 9 heteroatoms. The van der Waals surface area contributed by atoms with E-state index in [1.54, 1.807) is 0 Å². The minimum atomic E-state index is 0.148. The molecular formula is C20H28N2O4Si3. The molecule has 0 spiro atoms. The molecule has 0 atom stereocenters. The highest BCUT2D eigenvalue weighted by atomic mass is 28.4. The average molecular weight is 445 g/mol. The van der Waals surface area contributed by atoms with Gasteiger partial charge in [0.25, 0.3) is 0 Å². The number of benzene rings is 2. The van der Waals surface area contributed by atoms with Gasteiger partial charge in [0.15, 0.2) is 0 Å². The predicted molar refractivity (Wildman–Crippen MR) is 120 cm³/mol. The summed E-state index contributed by atoms with van der Waals surface area (Å²) < 4.78 is 22.4. The highest BCUT2D eigenvalue weighted by Crippen LogP contribution is 2.14. The maximum atomic E-state index is 5.66. The Hall–Kier alpha value is -1.79. The lowest BCUT2D eigenvalue weighted by molar-refractivity contribution is 0.309. The van der Waals surface area contributed by atoms with Crippen molar-refractivity contribution in [2.45, 2.75) is 37.8 Å². The lowest BCUT2D eigenvalue weighted by Gasteiger charge is -2.06. The van der Waals surface area contributed by atoms with E-state index < -0.39 is 0 Å². The lowest BCUT2D eigenvalue weighted by Crippen LogP contribution is -2.11. The monoisotopic (exact) mass is 444 g/mol. The van der Waals surface area contributed by atoms with Gasteiger partial charge in [-0.1, -0.05) is 12.8 Å². The second-order valence-corrected chi connectivity index (χ2v) is 9.70. The molecule has 6 radical (unpaired) electrons. The zero-order chi connectivity index (χ0) is 20.6. The molecule has 0 amide bonds. The fraction of sp³-hybridized carbons (Fsp3) is 0.400. The molecule has 4 N–H and O–H groups in total. The number of nitrogens with two attached hydrogens (primary N) is 2. The number of anilines is 2. The largest absolute Gasteiger partial charge is 0.494 e. The van der Waals surface area contributed by atoms with E-state index in [1.807, 2.05) is 48.5 Å². The minimum absolute atomic E-state index is 0.148. The summed E-state index contributed by atoms with van der Waals surface area (Å²) >= 11 is 0. The van der Waals surface area contributed by atoms with Gasteiger partial charge in [-0.15, -0.1) is 0 Å². The van der Waals surface area contributed by atoms with E-state index in [1.165, 1.54) is 0 Å². The van der Waals surface area contributed by atoms with Crippen LogP contribution in [0.3, 0.4) is 0 Å². The van der Waals surface area contributed by atoms with Crippen molar-refractivity contribution < 1.29 is 17.7 Å². The number of hydrogen-bond donors (Lipinski definition) is 2. The number of hydrogen-bond acceptors (Lipinski definition) is 6. The van der Waals surface area contributed by atoms with E-state index in [-0.39, 0.29) is 10.0 Å². The first-order chi connectivity index (χ1) is 14.2. The molecule has 29 heavy (non-hydrogen) atoms. The number of nitrogen functional groups attached to an aromatic ring is 2. The molecule has 0 aliphatic rings. The zero-order valence-electron chi connectivity index (χ0n) is 16.6. The van der Waals surface area contributed by atoms with Crippen LogP contribution < -0.4 is 20.9 Å². The van der Waals surface area contributed by atoms with Crippen molar-refractivity contribution in [2.75, 3.05) is 24.7 Å². The highest BCUT2D eigenvalue weighted by Gasteiger charge is 2.00. The van der Waals surface area contributed by atoms with Gasteiger partial charge < -0.3 is 29.2 Å². The molecule has 0 bridgehead atoms. The maximum absolute atomic E-state index is 5.66. The Morgan fingerprint density at radius 2 is 1.00 bits per heavy atom. The van der Waals surface area contributed by atoms with Crippen LogP contribution in [-0.4, -0.2) is 42.7 Å². The van der Waals surface area contributed by atoms with Crippen LogP contribution in [-0.2, 0) is 8.23 Å². The van der Waals surface area contributed by atoms with E-state index in [4.69, 9.17) is 29.2 Å². The van der Waals surface area contributed by atoms with Crippen LogP contribution in [0.1, 0.15) is 25.7 Å². The van der Waals surface area contributed by atoms with Gasteiger partial charge in [0.05, 0.1) is 13.2 Å². The van der Waals surface area contributed by atoms with Gasteiger partial charge in [-0.2, -0.15) is 0 Å². The molecule has 154 valence electrons. The zero-order valence-corrected chi connectivity index (χ0v) is 19.6. The fourth-order valence-corrected chi connectivity index (χ4v) is 4.91. The summed E-state index contributed by atoms with van der Waals surface area (Å²) in [7, 11) is 1.14. The summed E-state index contributed by atoms with van der Waals surface area (Å²) in [5, 5.41) is 0. The van der Waals surface area contributed by atoms with Crippen molar-refractivity contribution in [3.05, 3.63) is 48.5 Å². The SMILES string of the molecule is Nc1ccc(OCCCC[Si]O[Si]O[Si]CCCCOc2ccc(N)cc2)cc1. The van der Waals surface area contributed by atoms with Crippen molar-refractivity contribution in [1.29, 1.82) is 0 Å². The highest BCUT2D eigenvalue weighted by molar-refractivity contribution is 6.45. The van der Waals surface area contributed by atoms with Crippen molar-refractivity contribution >= 4 is 40.9 Å². The molecule has 0 heterocycles. The number of ether oxygens (including phenoxy) is 2. The summed E-state index contributed by atoms with van der Waals surface area (Å²) in [6, 6.07) is 17.1. The first-order valence-corrected chi connectivity index (χ1v) is 12.8. The second kappa shape index (κ2) is 15.1. The molecule has 2 aromatic rings. The molecule has 6 nitrogen and oxygen atoms in total. The molecule has 0 aliphatic heterocycles. The number of rotatable bonds is 16. The van der Waals surface area contributed by atoms with Crippen LogP contribution in [0.4, 0.5) is 11.4 Å². The summed E-state index contributed by atoms with van der Waals surface area (Å²) in [6.07, 6.45) is 4.22. The molecule has 0 saturated carbocycles. The molecule has 2 aromatic carbocycles. The third-order valence-corrected chi connectivity index (χ3v) is 6.81. The minimum Gasteiger partial charge on any atom is -0.494 e. The van der Waals surface area contributed by atoms with Crippen LogP contribution >= 0.6 is 0 Å². The summed E-state index contributed by atoms with van der Waals surface area (Å²) in [6.45, 7) is 1.44. The molecule has 0 unspecified atom stereocenters. The Bertz CT molecular complexity index is 602. The van der Waals surface area contributed by atoms with Crippen LogP contribution in [0.25, 0.3) is 0 Å². The van der Waals surface area contributed by atoms with E-state index in [9.17, 15) is 0 Å². The van der Waals surface area contributed by atoms with Crippen molar-refractivity contribution in [2.24, 2.45) is 0 Å². The third-order valence-electron chi connectivity index (χ3n) is 3.87. The van der Waals surface area contributed by atoms with Crippen LogP contribution in [0.5, 0.6) is 11.5 Å². The van der Waals surface area contributed by atoms with Crippen LogP contribution in [0.2, 0.25) is 12.1 Å². The molecule has 0 aliphatic carbocycles. The van der Waals surface area contributed by atoms with Gasteiger partial charge in [0.2, 0.25) is 19.5 Å². The topological polar surface area (TPSA) is 89.0 Å². The molecule has 2 rings (SSSR count). The quantitative estimate of drug-likeness (QED) is 0.234. The Morgan fingerprint density at radius 1 is 0.586 bits per heavy atom. The molecular weight excluding hydrogens is 416 g/mol. The Balaban J connectivity index is 1.29. The van der Waals surface area contributed by atoms with Crippen molar-refractivity contribution in [3.8, 4) is 11.5 Å². The van der Waals surface area contributed by atoms with Gasteiger partial charge >= 0.3 is 10.0 Å². The molecule has 0 fully saturated rings. The summed E-state index contributed by atoms with van der Waals surface area (Å²) in [4.78, 5) is 0. The average Bonchev–Trinajstić information content (AvgIpc) is 2.73. The standard InChI is InChI=1S/C20H28N2O4Si3/c21-17-5-9-19(10-6-17)23-13-1-3-15-27-25-29-26-28-16-4-2-14-24-20-11-7-18(22)8-12-20/h5-12H,1-4,13-16,21-22H2. The van der Waals surface area contributed by atoms with Gasteiger partial charge in [0.1, 0.15) is 11.5 Å². The van der Waals surface area contributed by atoms with E-state index >= 15 is 0 Å². The Kier molecular flexibility index (Phi) is 12.2. The van der Waals surface area contributed by atoms with Gasteiger partial charge in [0, 0.05) is 11.4 Å². The predicted octanol–water partition coefficient (Wildman–Crippen LogP) is 3.51. The summed E-state index contributed by atoms with van der Waals surface area (Å²) in [5.74, 6) is 1.73. The van der Waals surface area contributed by atoms with Crippen molar-refractivity contribution in [1.82, 2.24) is 0 Å². The Morgan fingerprint density at radius 3 is 1.41 bits per heavy atom. The van der Waals surface area contributed by atoms with Crippen LogP contribution in [0, 0.1) is 0 Å². The molecule has 0 aromatic heterocycles. The lowest BCUT2D eigenvalue weighted by atomic mass is 10.3. The molecule has 0 saturated heterocycles. The smallest absolute Gasteiger partial charge is 0.409 e. The van der Waals surface area contributed by atoms with E-state index in [2.05, 4.69) is 0 Å². The fourth-order valence-electron chi connectivity index (χ4n) is 2.29. The first kappa shape index (κ1) is 23.5. The van der Waals surface area contributed by atoms with E-state index in [0.29, 0.717) is 19.5 Å². The van der Waals surface area contributed by atoms with Crippen molar-refractivity contribution in [3.63, 3.8) is 0 Å². The van der Waals surface area contributed by atoms with Crippen LogP contribution in [0.15, 0.2) is 48.5 Å². The summed E-state index contributed by atoms with van der Waals surface area (Å²) in [5.41, 5.74) is 12.8. The third kappa shape index (κ3) is 11.7. The van der Waals surface area contributed by atoms with Gasteiger partial charge in [-0.25, -0.2) is 0 Å². The van der Waals surface area contributed by atoms with Gasteiger partial charge in [-0.3, -0.25) is 0 Å². The first-order valence-electron chi connectivity index (χ1n) is 9.73. The number of unbranched alkanes of at least 4 members (excludes halogenated alkanes) is 2. The van der Waals surface area contributed by atoms with Gasteiger partial charge in [-0.05, 0) is 73.5 Å². The second-order valence-electron chi connectivity index (χ2n) is 6.33.